The summed E-state index contributed by atoms with van der Waals surface area (Å²) in [7, 11) is 0. The van der Waals surface area contributed by atoms with Crippen LogP contribution < -0.4 is 5.32 Å². The highest BCUT2D eigenvalue weighted by Gasteiger charge is 2.22. The van der Waals surface area contributed by atoms with Crippen molar-refractivity contribution in [1.82, 2.24) is 10.3 Å². The maximum atomic E-state index is 4.02. The standard InChI is InChI=1S/C12H18N2S/c1-10-12(5-9-15-10)14-8-4-11-2-6-13-7-3-11/h2-3,6-7,10,12,14H,4-5,8-9H2,1H3. The summed E-state index contributed by atoms with van der Waals surface area (Å²) in [6.07, 6.45) is 6.16. The van der Waals surface area contributed by atoms with E-state index in [4.69, 9.17) is 0 Å². The van der Waals surface area contributed by atoms with Crippen molar-refractivity contribution >= 4 is 11.8 Å². The topological polar surface area (TPSA) is 24.9 Å². The fraction of sp³-hybridized carbons (Fsp3) is 0.583. The average molecular weight is 222 g/mol. The lowest BCUT2D eigenvalue weighted by molar-refractivity contribution is 0.516. The Kier molecular flexibility index (Phi) is 4.03. The van der Waals surface area contributed by atoms with Crippen molar-refractivity contribution in [2.75, 3.05) is 12.3 Å². The predicted octanol–water partition coefficient (Wildman–Crippen LogP) is 2.11. The number of nitrogens with zero attached hydrogens (tertiary/aromatic N) is 1. The van der Waals surface area contributed by atoms with E-state index in [1.165, 1.54) is 17.7 Å². The van der Waals surface area contributed by atoms with E-state index in [0.717, 1.165) is 24.3 Å². The normalized spacial score (nSPS) is 25.7. The zero-order valence-electron chi connectivity index (χ0n) is 9.15. The number of hydrogen-bond acceptors (Lipinski definition) is 3. The number of hydrogen-bond donors (Lipinski definition) is 1. The highest BCUT2D eigenvalue weighted by molar-refractivity contribution is 8.00. The average Bonchev–Trinajstić information content (AvgIpc) is 2.66. The molecule has 1 saturated heterocycles. The molecule has 82 valence electrons. The lowest BCUT2D eigenvalue weighted by Gasteiger charge is -2.16. The van der Waals surface area contributed by atoms with Crippen LogP contribution in [0.5, 0.6) is 0 Å². The van der Waals surface area contributed by atoms with E-state index in [9.17, 15) is 0 Å². The van der Waals surface area contributed by atoms with Gasteiger partial charge in [-0.3, -0.25) is 4.98 Å². The van der Waals surface area contributed by atoms with Crippen molar-refractivity contribution in [3.63, 3.8) is 0 Å². The fourth-order valence-corrected chi connectivity index (χ4v) is 3.18. The van der Waals surface area contributed by atoms with Gasteiger partial charge in [0.15, 0.2) is 0 Å². The maximum Gasteiger partial charge on any atom is 0.0270 e. The molecule has 1 aromatic rings. The van der Waals surface area contributed by atoms with Gasteiger partial charge in [0, 0.05) is 23.7 Å². The van der Waals surface area contributed by atoms with Gasteiger partial charge in [-0.15, -0.1) is 0 Å². The second-order valence-electron chi connectivity index (χ2n) is 4.03. The summed E-state index contributed by atoms with van der Waals surface area (Å²) in [5, 5.41) is 4.42. The van der Waals surface area contributed by atoms with E-state index in [1.54, 1.807) is 0 Å². The van der Waals surface area contributed by atoms with Gasteiger partial charge in [0.05, 0.1) is 0 Å². The largest absolute Gasteiger partial charge is 0.313 e. The first-order chi connectivity index (χ1) is 7.36. The Balaban J connectivity index is 1.71. The molecular formula is C12H18N2S. The molecule has 0 aliphatic carbocycles. The third kappa shape index (κ3) is 3.21. The zero-order valence-corrected chi connectivity index (χ0v) is 9.96. The lowest BCUT2D eigenvalue weighted by atomic mass is 10.1. The molecule has 1 aromatic heterocycles. The van der Waals surface area contributed by atoms with Gasteiger partial charge in [-0.05, 0) is 42.8 Å². The molecule has 2 rings (SSSR count). The summed E-state index contributed by atoms with van der Waals surface area (Å²) in [5.74, 6) is 1.31. The van der Waals surface area contributed by atoms with Crippen molar-refractivity contribution < 1.29 is 0 Å². The van der Waals surface area contributed by atoms with Crippen molar-refractivity contribution in [3.8, 4) is 0 Å². The molecule has 0 spiro atoms. The third-order valence-electron chi connectivity index (χ3n) is 2.95. The molecule has 2 atom stereocenters. The van der Waals surface area contributed by atoms with Gasteiger partial charge in [-0.1, -0.05) is 6.92 Å². The lowest BCUT2D eigenvalue weighted by Crippen LogP contribution is -2.34. The Morgan fingerprint density at radius 3 is 2.93 bits per heavy atom. The van der Waals surface area contributed by atoms with Crippen LogP contribution in [-0.2, 0) is 6.42 Å². The van der Waals surface area contributed by atoms with E-state index in [-0.39, 0.29) is 0 Å². The van der Waals surface area contributed by atoms with Crippen molar-refractivity contribution in [3.05, 3.63) is 30.1 Å². The van der Waals surface area contributed by atoms with Crippen LogP contribution in [0.2, 0.25) is 0 Å². The summed E-state index contributed by atoms with van der Waals surface area (Å²) in [5.41, 5.74) is 1.37. The quantitative estimate of drug-likeness (QED) is 0.844. The van der Waals surface area contributed by atoms with E-state index < -0.39 is 0 Å². The van der Waals surface area contributed by atoms with Gasteiger partial charge in [-0.2, -0.15) is 11.8 Å². The minimum atomic E-state index is 0.719. The number of nitrogens with one attached hydrogen (secondary N) is 1. The van der Waals surface area contributed by atoms with Gasteiger partial charge >= 0.3 is 0 Å². The van der Waals surface area contributed by atoms with Crippen LogP contribution in [0.15, 0.2) is 24.5 Å². The number of aromatic nitrogens is 1. The molecule has 0 amide bonds. The van der Waals surface area contributed by atoms with Crippen molar-refractivity contribution in [2.45, 2.75) is 31.1 Å². The van der Waals surface area contributed by atoms with Gasteiger partial charge in [0.25, 0.3) is 0 Å². The van der Waals surface area contributed by atoms with Crippen molar-refractivity contribution in [1.29, 1.82) is 0 Å². The van der Waals surface area contributed by atoms with Gasteiger partial charge in [-0.25, -0.2) is 0 Å². The molecule has 3 heteroatoms. The van der Waals surface area contributed by atoms with Crippen LogP contribution in [0.1, 0.15) is 18.9 Å². The molecule has 1 fully saturated rings. The van der Waals surface area contributed by atoms with Crippen LogP contribution in [0.25, 0.3) is 0 Å². The first kappa shape index (κ1) is 11.0. The Morgan fingerprint density at radius 1 is 1.47 bits per heavy atom. The number of rotatable bonds is 4. The smallest absolute Gasteiger partial charge is 0.0270 e. The molecular weight excluding hydrogens is 204 g/mol. The Hall–Kier alpha value is -0.540. The van der Waals surface area contributed by atoms with Gasteiger partial charge in [0.1, 0.15) is 0 Å². The molecule has 0 saturated carbocycles. The molecule has 1 N–H and O–H groups in total. The maximum absolute atomic E-state index is 4.02. The monoisotopic (exact) mass is 222 g/mol. The predicted molar refractivity (Wildman–Crippen MR) is 66.3 cm³/mol. The highest BCUT2D eigenvalue weighted by Crippen LogP contribution is 2.25. The molecule has 1 aliphatic heterocycles. The van der Waals surface area contributed by atoms with Crippen LogP contribution in [0.3, 0.4) is 0 Å². The molecule has 0 bridgehead atoms. The summed E-state index contributed by atoms with van der Waals surface area (Å²) in [6, 6.07) is 4.90. The summed E-state index contributed by atoms with van der Waals surface area (Å²) in [4.78, 5) is 4.02. The minimum Gasteiger partial charge on any atom is -0.313 e. The minimum absolute atomic E-state index is 0.719. The summed E-state index contributed by atoms with van der Waals surface area (Å²) >= 11 is 2.08. The number of thioether (sulfide) groups is 1. The van der Waals surface area contributed by atoms with Gasteiger partial charge in [0.2, 0.25) is 0 Å². The SMILES string of the molecule is CC1SCCC1NCCc1ccncc1. The van der Waals surface area contributed by atoms with Crippen molar-refractivity contribution in [2.24, 2.45) is 0 Å². The Morgan fingerprint density at radius 2 is 2.27 bits per heavy atom. The fourth-order valence-electron chi connectivity index (χ4n) is 1.95. The number of pyridine rings is 1. The van der Waals surface area contributed by atoms with Crippen LogP contribution in [-0.4, -0.2) is 28.6 Å². The summed E-state index contributed by atoms with van der Waals surface area (Å²) in [6.45, 7) is 3.40. The van der Waals surface area contributed by atoms with Crippen LogP contribution in [0, 0.1) is 0 Å². The second kappa shape index (κ2) is 5.52. The second-order valence-corrected chi connectivity index (χ2v) is 5.52. The molecule has 15 heavy (non-hydrogen) atoms. The van der Waals surface area contributed by atoms with E-state index in [0.29, 0.717) is 0 Å². The highest BCUT2D eigenvalue weighted by atomic mass is 32.2. The summed E-state index contributed by atoms with van der Waals surface area (Å²) < 4.78 is 0. The van der Waals surface area contributed by atoms with Crippen LogP contribution in [0.4, 0.5) is 0 Å². The van der Waals surface area contributed by atoms with Crippen LogP contribution >= 0.6 is 11.8 Å². The van der Waals surface area contributed by atoms with E-state index in [1.807, 2.05) is 12.4 Å². The molecule has 0 aromatic carbocycles. The Bertz CT molecular complexity index is 289. The first-order valence-electron chi connectivity index (χ1n) is 5.60. The third-order valence-corrected chi connectivity index (χ3v) is 4.27. The zero-order chi connectivity index (χ0) is 10.5. The first-order valence-corrected chi connectivity index (χ1v) is 6.65. The van der Waals surface area contributed by atoms with Gasteiger partial charge < -0.3 is 5.32 Å². The molecule has 2 unspecified atom stereocenters. The molecule has 1 aliphatic rings. The Labute approximate surface area is 95.9 Å². The van der Waals surface area contributed by atoms with E-state index in [2.05, 4.69) is 41.1 Å². The molecule has 2 heterocycles. The van der Waals surface area contributed by atoms with E-state index >= 15 is 0 Å². The molecule has 2 nitrogen and oxygen atoms in total. The molecule has 0 radical (unpaired) electrons.